The summed E-state index contributed by atoms with van der Waals surface area (Å²) in [5.41, 5.74) is 1.36. The minimum atomic E-state index is -0.611. The van der Waals surface area contributed by atoms with Crippen molar-refractivity contribution >= 4 is 12.2 Å². The van der Waals surface area contributed by atoms with E-state index in [9.17, 15) is 0 Å². The second-order valence-electron chi connectivity index (χ2n) is 4.99. The van der Waals surface area contributed by atoms with Crippen LogP contribution in [0.5, 0.6) is 0 Å². The highest BCUT2D eigenvalue weighted by Gasteiger charge is 2.42. The smallest absolute Gasteiger partial charge is 0.251 e. The maximum absolute atomic E-state index is 5.68. The van der Waals surface area contributed by atoms with E-state index in [0.717, 1.165) is 11.3 Å². The summed E-state index contributed by atoms with van der Waals surface area (Å²) in [5, 5.41) is 8.11. The molecule has 1 unspecified atom stereocenters. The number of methoxy groups -OCH3 is 1. The lowest BCUT2D eigenvalue weighted by atomic mass is 10.0. The Morgan fingerprint density at radius 3 is 2.95 bits per heavy atom. The molecule has 1 aliphatic rings. The van der Waals surface area contributed by atoms with Crippen molar-refractivity contribution in [2.24, 2.45) is 0 Å². The molecule has 1 saturated heterocycles. The van der Waals surface area contributed by atoms with Crippen LogP contribution in [0, 0.1) is 6.92 Å². The van der Waals surface area contributed by atoms with Gasteiger partial charge in [0.25, 0.3) is 5.89 Å². The first-order valence-corrected chi connectivity index (χ1v) is 6.80. The van der Waals surface area contributed by atoms with Gasteiger partial charge in [0.1, 0.15) is 0 Å². The largest absolute Gasteiger partial charge is 0.418 e. The fourth-order valence-electron chi connectivity index (χ4n) is 2.27. The number of hydrogen-bond acceptors (Lipinski definition) is 6. The summed E-state index contributed by atoms with van der Waals surface area (Å²) in [4.78, 5) is 4.29. The summed E-state index contributed by atoms with van der Waals surface area (Å²) in [7, 11) is 1.63. The molecule has 2 aromatic rings. The Morgan fingerprint density at radius 1 is 1.33 bits per heavy atom. The van der Waals surface area contributed by atoms with E-state index in [1.165, 1.54) is 0 Å². The Labute approximate surface area is 122 Å². The third-order valence-electron chi connectivity index (χ3n) is 3.64. The highest BCUT2D eigenvalue weighted by atomic mass is 16.6. The standard InChI is InChI=1S/C15H17N3O3/c1-11-4-3-8-16-12(11)5-6-13-17-18-14(21-13)15(19-2)7-9-20-10-15/h3-6,8H,7,9-10H2,1-2H3/b6-5+. The average Bonchev–Trinajstić information content (AvgIpc) is 3.16. The Bertz CT molecular complexity index is 645. The molecular weight excluding hydrogens is 270 g/mol. The van der Waals surface area contributed by atoms with Gasteiger partial charge in [-0.1, -0.05) is 6.07 Å². The van der Waals surface area contributed by atoms with Crippen molar-refractivity contribution in [3.05, 3.63) is 41.4 Å². The van der Waals surface area contributed by atoms with Gasteiger partial charge in [0.15, 0.2) is 5.60 Å². The van der Waals surface area contributed by atoms with E-state index in [4.69, 9.17) is 13.9 Å². The van der Waals surface area contributed by atoms with Gasteiger partial charge in [-0.3, -0.25) is 4.98 Å². The number of hydrogen-bond donors (Lipinski definition) is 0. The Hall–Kier alpha value is -2.05. The number of ether oxygens (including phenoxy) is 2. The van der Waals surface area contributed by atoms with E-state index in [-0.39, 0.29) is 0 Å². The lowest BCUT2D eigenvalue weighted by Crippen LogP contribution is -2.29. The van der Waals surface area contributed by atoms with Gasteiger partial charge in [-0.15, -0.1) is 10.2 Å². The van der Waals surface area contributed by atoms with Crippen molar-refractivity contribution in [1.29, 1.82) is 0 Å². The molecule has 0 saturated carbocycles. The Balaban J connectivity index is 1.81. The van der Waals surface area contributed by atoms with E-state index in [1.807, 2.05) is 25.1 Å². The molecule has 0 aromatic carbocycles. The highest BCUT2D eigenvalue weighted by molar-refractivity contribution is 5.65. The molecule has 3 heterocycles. The second-order valence-corrected chi connectivity index (χ2v) is 4.99. The molecule has 0 N–H and O–H groups in total. The van der Waals surface area contributed by atoms with E-state index in [0.29, 0.717) is 31.4 Å². The Morgan fingerprint density at radius 2 is 2.24 bits per heavy atom. The molecule has 0 amide bonds. The SMILES string of the molecule is COC1(c2nnc(/C=C/c3ncccc3C)o2)CCOC1. The van der Waals surface area contributed by atoms with Crippen LogP contribution >= 0.6 is 0 Å². The molecule has 1 atom stereocenters. The van der Waals surface area contributed by atoms with Gasteiger partial charge in [-0.05, 0) is 24.6 Å². The topological polar surface area (TPSA) is 70.3 Å². The quantitative estimate of drug-likeness (QED) is 0.858. The number of aromatic nitrogens is 3. The molecule has 1 aliphatic heterocycles. The predicted octanol–water partition coefficient (Wildman–Crippen LogP) is 2.21. The molecule has 0 bridgehead atoms. The third-order valence-corrected chi connectivity index (χ3v) is 3.64. The van der Waals surface area contributed by atoms with Crippen LogP contribution in [0.15, 0.2) is 22.7 Å². The van der Waals surface area contributed by atoms with Crippen LogP contribution in [0.1, 0.15) is 29.5 Å². The molecule has 6 nitrogen and oxygen atoms in total. The number of pyridine rings is 1. The molecule has 0 radical (unpaired) electrons. The van der Waals surface area contributed by atoms with Crippen LogP contribution in [0.3, 0.4) is 0 Å². The zero-order chi connectivity index (χ0) is 14.7. The lowest BCUT2D eigenvalue weighted by molar-refractivity contribution is -0.0412. The van der Waals surface area contributed by atoms with Crippen LogP contribution in [0.25, 0.3) is 12.2 Å². The van der Waals surface area contributed by atoms with Crippen LogP contribution < -0.4 is 0 Å². The van der Waals surface area contributed by atoms with E-state index in [1.54, 1.807) is 19.4 Å². The van der Waals surface area contributed by atoms with Crippen LogP contribution in [0.4, 0.5) is 0 Å². The van der Waals surface area contributed by atoms with Crippen molar-refractivity contribution in [2.45, 2.75) is 18.9 Å². The minimum absolute atomic E-state index is 0.429. The summed E-state index contributed by atoms with van der Waals surface area (Å²) >= 11 is 0. The van der Waals surface area contributed by atoms with E-state index < -0.39 is 5.60 Å². The predicted molar refractivity (Wildman–Crippen MR) is 76.3 cm³/mol. The van der Waals surface area contributed by atoms with Gasteiger partial charge in [0, 0.05) is 25.8 Å². The molecular formula is C15H17N3O3. The Kier molecular flexibility index (Phi) is 3.81. The van der Waals surface area contributed by atoms with Crippen LogP contribution in [0.2, 0.25) is 0 Å². The van der Waals surface area contributed by atoms with Gasteiger partial charge in [0.05, 0.1) is 18.9 Å². The summed E-state index contributed by atoms with van der Waals surface area (Å²) in [6.45, 7) is 3.07. The van der Waals surface area contributed by atoms with Gasteiger partial charge >= 0.3 is 0 Å². The molecule has 2 aromatic heterocycles. The fraction of sp³-hybridized carbons (Fsp3) is 0.400. The lowest BCUT2D eigenvalue weighted by Gasteiger charge is -2.20. The van der Waals surface area contributed by atoms with Crippen molar-refractivity contribution in [3.63, 3.8) is 0 Å². The summed E-state index contributed by atoms with van der Waals surface area (Å²) in [5.74, 6) is 0.887. The first-order chi connectivity index (χ1) is 10.2. The zero-order valence-corrected chi connectivity index (χ0v) is 12.1. The monoisotopic (exact) mass is 287 g/mol. The number of aryl methyl sites for hydroxylation is 1. The average molecular weight is 287 g/mol. The van der Waals surface area contributed by atoms with Crippen molar-refractivity contribution in [3.8, 4) is 0 Å². The van der Waals surface area contributed by atoms with Crippen LogP contribution in [-0.2, 0) is 15.1 Å². The first-order valence-electron chi connectivity index (χ1n) is 6.80. The fourth-order valence-corrected chi connectivity index (χ4v) is 2.27. The molecule has 6 heteroatoms. The van der Waals surface area contributed by atoms with Crippen LogP contribution in [-0.4, -0.2) is 35.5 Å². The maximum atomic E-state index is 5.68. The molecule has 21 heavy (non-hydrogen) atoms. The molecule has 3 rings (SSSR count). The first kappa shape index (κ1) is 13.9. The van der Waals surface area contributed by atoms with Crippen molar-refractivity contribution in [2.75, 3.05) is 20.3 Å². The summed E-state index contributed by atoms with van der Waals surface area (Å²) in [6.07, 6.45) is 6.08. The van der Waals surface area contributed by atoms with Gasteiger partial charge in [-0.2, -0.15) is 0 Å². The van der Waals surface area contributed by atoms with E-state index >= 15 is 0 Å². The third kappa shape index (κ3) is 2.72. The van der Waals surface area contributed by atoms with Crippen molar-refractivity contribution < 1.29 is 13.9 Å². The van der Waals surface area contributed by atoms with Gasteiger partial charge < -0.3 is 13.9 Å². The molecule has 0 aliphatic carbocycles. The van der Waals surface area contributed by atoms with Gasteiger partial charge in [0.2, 0.25) is 5.89 Å². The van der Waals surface area contributed by atoms with Crippen molar-refractivity contribution in [1.82, 2.24) is 15.2 Å². The molecule has 110 valence electrons. The molecule has 0 spiro atoms. The number of nitrogens with zero attached hydrogens (tertiary/aromatic N) is 3. The maximum Gasteiger partial charge on any atom is 0.251 e. The second kappa shape index (κ2) is 5.75. The summed E-state index contributed by atoms with van der Waals surface area (Å²) in [6, 6.07) is 3.90. The minimum Gasteiger partial charge on any atom is -0.418 e. The number of rotatable bonds is 4. The molecule has 1 fully saturated rings. The highest BCUT2D eigenvalue weighted by Crippen LogP contribution is 2.33. The zero-order valence-electron chi connectivity index (χ0n) is 12.1. The normalized spacial score (nSPS) is 22.2. The van der Waals surface area contributed by atoms with E-state index in [2.05, 4.69) is 15.2 Å². The van der Waals surface area contributed by atoms with Gasteiger partial charge in [-0.25, -0.2) is 0 Å². The summed E-state index contributed by atoms with van der Waals surface area (Å²) < 4.78 is 16.6.